The molecular formula is C37H45FN8O7S. The van der Waals surface area contributed by atoms with E-state index in [1.165, 1.54) is 17.0 Å². The van der Waals surface area contributed by atoms with Gasteiger partial charge in [0.2, 0.25) is 27.7 Å². The minimum atomic E-state index is -4.01. The summed E-state index contributed by atoms with van der Waals surface area (Å²) in [5.41, 5.74) is 0.0501. The molecule has 4 heterocycles. The van der Waals surface area contributed by atoms with Crippen LogP contribution in [0.5, 0.6) is 5.88 Å². The van der Waals surface area contributed by atoms with Crippen molar-refractivity contribution < 1.29 is 36.7 Å². The van der Waals surface area contributed by atoms with E-state index in [4.69, 9.17) is 4.74 Å². The van der Waals surface area contributed by atoms with Gasteiger partial charge in [0.25, 0.3) is 11.8 Å². The summed E-state index contributed by atoms with van der Waals surface area (Å²) in [5.74, 6) is -3.60. The summed E-state index contributed by atoms with van der Waals surface area (Å²) in [6, 6.07) is 3.82. The molecule has 0 bridgehead atoms. The lowest BCUT2D eigenvalue weighted by molar-refractivity contribution is -0.141. The minimum Gasteiger partial charge on any atom is -0.471 e. The van der Waals surface area contributed by atoms with Crippen LogP contribution in [0.15, 0.2) is 36.4 Å². The van der Waals surface area contributed by atoms with Crippen molar-refractivity contribution in [3.05, 3.63) is 59.3 Å². The number of halogens is 1. The van der Waals surface area contributed by atoms with Gasteiger partial charge < -0.3 is 20.3 Å². The summed E-state index contributed by atoms with van der Waals surface area (Å²) in [6.07, 6.45) is 7.00. The Balaban J connectivity index is 1.20. The molecule has 2 aliphatic carbocycles. The first-order chi connectivity index (χ1) is 25.6. The normalized spacial score (nSPS) is 27.5. The molecule has 5 atom stereocenters. The maximum atomic E-state index is 14.7. The van der Waals surface area contributed by atoms with E-state index in [0.717, 1.165) is 18.5 Å². The Labute approximate surface area is 312 Å². The van der Waals surface area contributed by atoms with E-state index in [0.29, 0.717) is 36.9 Å². The molecule has 0 spiro atoms. The molecule has 1 saturated heterocycles. The Morgan fingerprint density at radius 2 is 1.89 bits per heavy atom. The van der Waals surface area contributed by atoms with E-state index in [-0.39, 0.29) is 42.9 Å². The summed E-state index contributed by atoms with van der Waals surface area (Å²) in [6.45, 7) is 4.93. The zero-order chi connectivity index (χ0) is 38.6. The Morgan fingerprint density at radius 3 is 2.61 bits per heavy atom. The fourth-order valence-corrected chi connectivity index (χ4v) is 8.55. The number of carbonyl (C=O) groups excluding carboxylic acids is 4. The number of para-hydroxylation sites is 1. The highest BCUT2D eigenvalue weighted by Gasteiger charge is 2.63. The van der Waals surface area contributed by atoms with Crippen LogP contribution in [0.2, 0.25) is 0 Å². The molecule has 17 heteroatoms. The van der Waals surface area contributed by atoms with Gasteiger partial charge in [-0.15, -0.1) is 0 Å². The number of amides is 4. The van der Waals surface area contributed by atoms with Crippen molar-refractivity contribution >= 4 is 44.7 Å². The quantitative estimate of drug-likeness (QED) is 0.301. The first-order valence-corrected chi connectivity index (χ1v) is 19.9. The number of nitrogens with one attached hydrogen (secondary N) is 3. The predicted molar refractivity (Wildman–Crippen MR) is 194 cm³/mol. The van der Waals surface area contributed by atoms with Crippen LogP contribution in [0.4, 0.5) is 4.39 Å². The van der Waals surface area contributed by atoms with E-state index in [1.54, 1.807) is 44.6 Å². The summed E-state index contributed by atoms with van der Waals surface area (Å²) < 4.78 is 49.9. The number of carbonyl (C=O) groups is 4. The minimum absolute atomic E-state index is 0.00286. The van der Waals surface area contributed by atoms with Crippen molar-refractivity contribution in [2.45, 2.75) is 107 Å². The highest BCUT2D eigenvalue weighted by Crippen LogP contribution is 2.47. The number of benzene rings is 1. The van der Waals surface area contributed by atoms with Crippen LogP contribution in [-0.4, -0.2) is 91.7 Å². The van der Waals surface area contributed by atoms with Crippen LogP contribution >= 0.6 is 0 Å². The summed E-state index contributed by atoms with van der Waals surface area (Å²) in [5, 5.41) is 9.95. The fourth-order valence-electron chi connectivity index (χ4n) is 7.24. The number of ether oxygens (including phenoxy) is 1. The van der Waals surface area contributed by atoms with E-state index in [9.17, 15) is 32.0 Å². The molecule has 4 aliphatic rings. The van der Waals surface area contributed by atoms with Crippen molar-refractivity contribution in [3.63, 3.8) is 0 Å². The summed E-state index contributed by atoms with van der Waals surface area (Å²) in [7, 11) is -2.30. The molecule has 7 rings (SSSR count). The number of hydrogen-bond donors (Lipinski definition) is 3. The van der Waals surface area contributed by atoms with E-state index in [1.807, 2.05) is 12.2 Å². The van der Waals surface area contributed by atoms with Crippen LogP contribution in [0, 0.1) is 25.6 Å². The van der Waals surface area contributed by atoms with Crippen molar-refractivity contribution in [1.82, 2.24) is 40.0 Å². The van der Waals surface area contributed by atoms with Gasteiger partial charge >= 0.3 is 0 Å². The van der Waals surface area contributed by atoms with Crippen LogP contribution < -0.4 is 20.1 Å². The monoisotopic (exact) mass is 764 g/mol. The third-order valence-electron chi connectivity index (χ3n) is 11.2. The van der Waals surface area contributed by atoms with Crippen LogP contribution in [-0.2, 0) is 31.5 Å². The second-order valence-corrected chi connectivity index (χ2v) is 17.4. The summed E-state index contributed by atoms with van der Waals surface area (Å²) in [4.78, 5) is 66.3. The number of hydrogen-bond acceptors (Lipinski definition) is 10. The van der Waals surface area contributed by atoms with E-state index < -0.39 is 73.9 Å². The van der Waals surface area contributed by atoms with E-state index >= 15 is 0 Å². The molecule has 2 aliphatic heterocycles. The molecule has 1 aromatic carbocycles. The number of allylic oxidation sites excluding steroid dienone is 1. The van der Waals surface area contributed by atoms with Crippen LogP contribution in [0.25, 0.3) is 11.0 Å². The van der Waals surface area contributed by atoms with Crippen LogP contribution in [0.1, 0.15) is 86.6 Å². The molecule has 2 saturated carbocycles. The smallest absolute Gasteiger partial charge is 0.272 e. The lowest BCUT2D eigenvalue weighted by Gasteiger charge is -2.30. The first-order valence-electron chi connectivity index (χ1n) is 18.4. The lowest BCUT2D eigenvalue weighted by atomic mass is 10.0. The molecule has 54 heavy (non-hydrogen) atoms. The number of sulfonamides is 1. The van der Waals surface area contributed by atoms with Crippen molar-refractivity contribution in [2.24, 2.45) is 13.0 Å². The van der Waals surface area contributed by atoms with Gasteiger partial charge in [-0.1, -0.05) is 31.1 Å². The largest absolute Gasteiger partial charge is 0.471 e. The van der Waals surface area contributed by atoms with Gasteiger partial charge in [0, 0.05) is 25.1 Å². The Morgan fingerprint density at radius 1 is 1.11 bits per heavy atom. The van der Waals surface area contributed by atoms with Crippen molar-refractivity contribution in [2.75, 3.05) is 6.54 Å². The molecule has 0 radical (unpaired) electrons. The van der Waals surface area contributed by atoms with Gasteiger partial charge in [-0.05, 0) is 77.5 Å². The molecule has 1 unspecified atom stereocenters. The van der Waals surface area contributed by atoms with Crippen LogP contribution in [0.3, 0.4) is 0 Å². The number of nitrogens with zero attached hydrogens (tertiary/aromatic N) is 5. The van der Waals surface area contributed by atoms with Gasteiger partial charge in [0.1, 0.15) is 40.6 Å². The predicted octanol–water partition coefficient (Wildman–Crippen LogP) is 2.66. The lowest BCUT2D eigenvalue weighted by Crippen LogP contribution is -2.58. The molecule has 288 valence electrons. The second-order valence-electron chi connectivity index (χ2n) is 15.2. The number of rotatable bonds is 7. The third-order valence-corrected chi connectivity index (χ3v) is 13.3. The third kappa shape index (κ3) is 7.17. The Bertz CT molecular complexity index is 2150. The maximum absolute atomic E-state index is 14.7. The first kappa shape index (κ1) is 37.4. The van der Waals surface area contributed by atoms with Gasteiger partial charge in [-0.2, -0.15) is 5.10 Å². The van der Waals surface area contributed by atoms with Crippen molar-refractivity contribution in [3.8, 4) is 5.88 Å². The van der Waals surface area contributed by atoms with Gasteiger partial charge in [0.15, 0.2) is 5.82 Å². The Hall–Kier alpha value is -4.93. The number of aromatic nitrogens is 4. The van der Waals surface area contributed by atoms with Gasteiger partial charge in [-0.3, -0.25) is 28.6 Å². The molecule has 15 nitrogen and oxygen atoms in total. The topological polar surface area (TPSA) is 195 Å². The highest BCUT2D eigenvalue weighted by molar-refractivity contribution is 7.91. The zero-order valence-electron chi connectivity index (χ0n) is 30.7. The second kappa shape index (κ2) is 14.0. The molecule has 3 fully saturated rings. The number of aryl methyl sites for hydroxylation is 3. The number of fused-ring (bicyclic) bond motifs is 3. The van der Waals surface area contributed by atoms with Crippen molar-refractivity contribution in [1.29, 1.82) is 0 Å². The van der Waals surface area contributed by atoms with Gasteiger partial charge in [0.05, 0.1) is 16.8 Å². The average Bonchev–Trinajstić information content (AvgIpc) is 3.95. The molecule has 4 amide bonds. The molecular weight excluding hydrogens is 720 g/mol. The average molecular weight is 765 g/mol. The molecule has 2 aromatic heterocycles. The zero-order valence-corrected chi connectivity index (χ0v) is 31.5. The van der Waals surface area contributed by atoms with Gasteiger partial charge in [-0.25, -0.2) is 22.8 Å². The van der Waals surface area contributed by atoms with E-state index in [2.05, 4.69) is 30.4 Å². The Kier molecular flexibility index (Phi) is 9.73. The SMILES string of the molecule is Cc1nc2cccc(F)c2nc1O[C@@H]1C[C@H]2C(=O)N[C@]3(C(=O)NS(=O)(=O)C4(C)CC4)CC3/C=C\CCCCC[C@H](NC(=O)c3cc(C)n(C)n3)C(=O)N2C1. The summed E-state index contributed by atoms with van der Waals surface area (Å²) >= 11 is 0. The molecule has 3 aromatic rings. The maximum Gasteiger partial charge on any atom is 0.272 e. The standard InChI is InChI=1S/C37H45FN8O7S/c1-21-17-28(43-45(21)4)31(47)40-27-13-9-7-5-6-8-11-23-19-37(23,35(50)44-54(51,52)36(3)15-16-36)42-32(48)29-18-24(20-46(29)34(27)49)53-33-22(2)39-26-14-10-12-25(38)30(26)41-33/h8,10-12,14,17,23-24,27,29H,5-7,9,13,15-16,18-20H2,1-4H3,(H,40,47)(H,42,48)(H,44,50)/b11-8-/t23?,24-,27+,29+,37-/m1/s1. The molecule has 3 N–H and O–H groups in total. The highest BCUT2D eigenvalue weighted by atomic mass is 32.2. The fraction of sp³-hybridized carbons (Fsp3) is 0.541.